The van der Waals surface area contributed by atoms with E-state index in [1.54, 1.807) is 6.92 Å². The van der Waals surface area contributed by atoms with Gasteiger partial charge in [0.1, 0.15) is 0 Å². The van der Waals surface area contributed by atoms with Crippen LogP contribution in [0.2, 0.25) is 0 Å². The van der Waals surface area contributed by atoms with E-state index in [-0.39, 0.29) is 18.1 Å². The number of ether oxygens (including phenoxy) is 1. The van der Waals surface area contributed by atoms with E-state index in [0.29, 0.717) is 25.5 Å². The minimum atomic E-state index is -0.338. The van der Waals surface area contributed by atoms with Crippen LogP contribution in [0.1, 0.15) is 47.0 Å². The first-order valence-corrected chi connectivity index (χ1v) is 6.62. The Morgan fingerprint density at radius 2 is 1.88 bits per heavy atom. The van der Waals surface area contributed by atoms with Crippen LogP contribution < -0.4 is 5.32 Å². The van der Waals surface area contributed by atoms with E-state index >= 15 is 0 Å². The van der Waals surface area contributed by atoms with Crippen LogP contribution in [0.15, 0.2) is 0 Å². The lowest BCUT2D eigenvalue weighted by Gasteiger charge is -2.22. The van der Waals surface area contributed by atoms with Crippen molar-refractivity contribution in [3.63, 3.8) is 0 Å². The quantitative estimate of drug-likeness (QED) is 0.607. The standard InChI is InChI=1S/C13H27NO3/c1-5-11(6-2)12(15)9-14-10(4)8-13(16)17-7-3/h10-12,14-15H,5-9H2,1-4H3. The number of carbonyl (C=O) groups is 1. The summed E-state index contributed by atoms with van der Waals surface area (Å²) in [5.41, 5.74) is 0. The third-order valence-corrected chi connectivity index (χ3v) is 3.05. The number of carbonyl (C=O) groups excluding carboxylic acids is 1. The zero-order chi connectivity index (χ0) is 13.3. The summed E-state index contributed by atoms with van der Waals surface area (Å²) in [6.07, 6.45) is 1.97. The van der Waals surface area contributed by atoms with Gasteiger partial charge in [-0.3, -0.25) is 4.79 Å². The number of aliphatic hydroxyl groups is 1. The van der Waals surface area contributed by atoms with Crippen LogP contribution in [0.3, 0.4) is 0 Å². The summed E-state index contributed by atoms with van der Waals surface area (Å²) < 4.78 is 4.87. The SMILES string of the molecule is CCOC(=O)CC(C)NCC(O)C(CC)CC. The summed E-state index contributed by atoms with van der Waals surface area (Å²) in [5.74, 6) is 0.141. The van der Waals surface area contributed by atoms with Crippen molar-refractivity contribution in [3.8, 4) is 0 Å². The molecule has 2 unspecified atom stereocenters. The maximum atomic E-state index is 11.2. The highest BCUT2D eigenvalue weighted by molar-refractivity contribution is 5.69. The number of rotatable bonds is 9. The lowest BCUT2D eigenvalue weighted by molar-refractivity contribution is -0.143. The fourth-order valence-corrected chi connectivity index (χ4v) is 1.86. The molecule has 0 heterocycles. The summed E-state index contributed by atoms with van der Waals surface area (Å²) in [4.78, 5) is 11.2. The van der Waals surface area contributed by atoms with Crippen LogP contribution in [-0.4, -0.2) is 36.4 Å². The molecule has 102 valence electrons. The molecule has 4 nitrogen and oxygen atoms in total. The average molecular weight is 245 g/mol. The van der Waals surface area contributed by atoms with Crippen molar-refractivity contribution in [1.82, 2.24) is 5.32 Å². The number of aliphatic hydroxyl groups excluding tert-OH is 1. The van der Waals surface area contributed by atoms with Crippen LogP contribution >= 0.6 is 0 Å². The molecule has 0 aromatic carbocycles. The minimum Gasteiger partial charge on any atom is -0.466 e. The highest BCUT2D eigenvalue weighted by Gasteiger charge is 2.17. The fourth-order valence-electron chi connectivity index (χ4n) is 1.86. The van der Waals surface area contributed by atoms with Crippen molar-refractivity contribution in [2.24, 2.45) is 5.92 Å². The van der Waals surface area contributed by atoms with Gasteiger partial charge >= 0.3 is 5.97 Å². The van der Waals surface area contributed by atoms with Crippen molar-refractivity contribution in [2.45, 2.75) is 59.1 Å². The molecule has 0 aliphatic heterocycles. The second-order valence-corrected chi connectivity index (χ2v) is 4.46. The summed E-state index contributed by atoms with van der Waals surface area (Å²) in [6, 6.07) is 0.0399. The molecule has 0 aromatic rings. The topological polar surface area (TPSA) is 58.6 Å². The molecule has 0 bridgehead atoms. The first-order chi connectivity index (χ1) is 8.04. The van der Waals surface area contributed by atoms with E-state index < -0.39 is 0 Å². The second kappa shape index (κ2) is 9.42. The largest absolute Gasteiger partial charge is 0.466 e. The zero-order valence-electron chi connectivity index (χ0n) is 11.5. The lowest BCUT2D eigenvalue weighted by Crippen LogP contribution is -2.38. The summed E-state index contributed by atoms with van der Waals surface area (Å²) in [6.45, 7) is 8.84. The van der Waals surface area contributed by atoms with E-state index in [4.69, 9.17) is 4.74 Å². The number of hydrogen-bond donors (Lipinski definition) is 2. The van der Waals surface area contributed by atoms with E-state index in [2.05, 4.69) is 19.2 Å². The molecular formula is C13H27NO3. The Morgan fingerprint density at radius 1 is 1.29 bits per heavy atom. The highest BCUT2D eigenvalue weighted by Crippen LogP contribution is 2.12. The van der Waals surface area contributed by atoms with Crippen molar-refractivity contribution < 1.29 is 14.6 Å². The van der Waals surface area contributed by atoms with Gasteiger partial charge in [-0.1, -0.05) is 26.7 Å². The summed E-state index contributed by atoms with van der Waals surface area (Å²) >= 11 is 0. The van der Waals surface area contributed by atoms with Crippen molar-refractivity contribution in [2.75, 3.05) is 13.2 Å². The van der Waals surface area contributed by atoms with Gasteiger partial charge in [0.2, 0.25) is 0 Å². The van der Waals surface area contributed by atoms with Crippen molar-refractivity contribution in [3.05, 3.63) is 0 Å². The van der Waals surface area contributed by atoms with Crippen LogP contribution in [0.5, 0.6) is 0 Å². The third kappa shape index (κ3) is 7.34. The Balaban J connectivity index is 3.82. The van der Waals surface area contributed by atoms with Gasteiger partial charge in [-0.15, -0.1) is 0 Å². The smallest absolute Gasteiger partial charge is 0.307 e. The molecular weight excluding hydrogens is 218 g/mol. The molecule has 0 fully saturated rings. The van der Waals surface area contributed by atoms with Gasteiger partial charge in [0, 0.05) is 12.6 Å². The lowest BCUT2D eigenvalue weighted by atomic mass is 9.96. The molecule has 0 aromatic heterocycles. The monoisotopic (exact) mass is 245 g/mol. The highest BCUT2D eigenvalue weighted by atomic mass is 16.5. The van der Waals surface area contributed by atoms with E-state index in [9.17, 15) is 9.90 Å². The molecule has 0 spiro atoms. The van der Waals surface area contributed by atoms with Crippen LogP contribution in [0, 0.1) is 5.92 Å². The van der Waals surface area contributed by atoms with Gasteiger partial charge in [0.25, 0.3) is 0 Å². The molecule has 0 amide bonds. The van der Waals surface area contributed by atoms with Crippen molar-refractivity contribution in [1.29, 1.82) is 0 Å². The summed E-state index contributed by atoms with van der Waals surface area (Å²) in [7, 11) is 0. The predicted octanol–water partition coefficient (Wildman–Crippen LogP) is 1.71. The molecule has 4 heteroatoms. The first-order valence-electron chi connectivity index (χ1n) is 6.62. The van der Waals surface area contributed by atoms with Gasteiger partial charge in [0.15, 0.2) is 0 Å². The maximum Gasteiger partial charge on any atom is 0.307 e. The molecule has 2 atom stereocenters. The molecule has 0 rings (SSSR count). The zero-order valence-corrected chi connectivity index (χ0v) is 11.5. The van der Waals surface area contributed by atoms with Gasteiger partial charge in [-0.2, -0.15) is 0 Å². The third-order valence-electron chi connectivity index (χ3n) is 3.05. The Morgan fingerprint density at radius 3 is 2.35 bits per heavy atom. The van der Waals surface area contributed by atoms with Crippen LogP contribution in [0.4, 0.5) is 0 Å². The Labute approximate surface area is 105 Å². The minimum absolute atomic E-state index is 0.0399. The van der Waals surface area contributed by atoms with Crippen LogP contribution in [-0.2, 0) is 9.53 Å². The molecule has 0 radical (unpaired) electrons. The number of esters is 1. The van der Waals surface area contributed by atoms with Crippen LogP contribution in [0.25, 0.3) is 0 Å². The first kappa shape index (κ1) is 16.4. The summed E-state index contributed by atoms with van der Waals surface area (Å²) in [5, 5.41) is 13.1. The molecule has 2 N–H and O–H groups in total. The van der Waals surface area contributed by atoms with E-state index in [1.807, 2.05) is 6.92 Å². The van der Waals surface area contributed by atoms with Gasteiger partial charge in [-0.25, -0.2) is 0 Å². The Hall–Kier alpha value is -0.610. The maximum absolute atomic E-state index is 11.2. The fraction of sp³-hybridized carbons (Fsp3) is 0.923. The van der Waals surface area contributed by atoms with Gasteiger partial charge in [0.05, 0.1) is 19.1 Å². The molecule has 0 saturated heterocycles. The molecule has 0 saturated carbocycles. The van der Waals surface area contributed by atoms with Gasteiger partial charge in [-0.05, 0) is 19.8 Å². The normalized spacial score (nSPS) is 14.7. The molecule has 0 aliphatic rings. The number of nitrogens with one attached hydrogen (secondary N) is 1. The molecule has 17 heavy (non-hydrogen) atoms. The number of hydrogen-bond acceptors (Lipinski definition) is 4. The predicted molar refractivity (Wildman–Crippen MR) is 68.8 cm³/mol. The average Bonchev–Trinajstić information content (AvgIpc) is 2.28. The molecule has 0 aliphatic carbocycles. The van der Waals surface area contributed by atoms with E-state index in [1.165, 1.54) is 0 Å². The second-order valence-electron chi connectivity index (χ2n) is 4.46. The van der Waals surface area contributed by atoms with Gasteiger partial charge < -0.3 is 15.2 Å². The van der Waals surface area contributed by atoms with Crippen molar-refractivity contribution >= 4 is 5.97 Å². The Bertz CT molecular complexity index is 205. The Kier molecular flexibility index (Phi) is 9.09. The van der Waals surface area contributed by atoms with E-state index in [0.717, 1.165) is 12.8 Å².